The summed E-state index contributed by atoms with van der Waals surface area (Å²) >= 11 is 0. The van der Waals surface area contributed by atoms with Crippen LogP contribution in [0.1, 0.15) is 5.82 Å². The van der Waals surface area contributed by atoms with Crippen molar-refractivity contribution in [3.8, 4) is 5.75 Å². The van der Waals surface area contributed by atoms with E-state index in [1.807, 2.05) is 24.3 Å². The van der Waals surface area contributed by atoms with Crippen LogP contribution in [0, 0.1) is 5.82 Å². The first-order valence-corrected chi connectivity index (χ1v) is 5.63. The van der Waals surface area contributed by atoms with Gasteiger partial charge in [-0.3, -0.25) is 0 Å². The number of nitrogens with one attached hydrogen (secondary N) is 1. The Morgan fingerprint density at radius 2 is 1.83 bits per heavy atom. The van der Waals surface area contributed by atoms with Crippen molar-refractivity contribution in [3.63, 3.8) is 0 Å². The molecule has 0 amide bonds. The number of hydrogen-bond donors (Lipinski definition) is 1. The molecule has 0 fully saturated rings. The normalized spacial score (nSPS) is 10.7. The second-order valence-electron chi connectivity index (χ2n) is 3.94. The van der Waals surface area contributed by atoms with Crippen LogP contribution < -0.4 is 4.74 Å². The van der Waals surface area contributed by atoms with Gasteiger partial charge in [-0.25, -0.2) is 9.37 Å². The summed E-state index contributed by atoms with van der Waals surface area (Å²) in [5.74, 6) is 1.10. The van der Waals surface area contributed by atoms with Crippen LogP contribution in [0.25, 0.3) is 11.0 Å². The Hall–Kier alpha value is -2.36. The zero-order chi connectivity index (χ0) is 12.4. The molecule has 1 N–H and O–H groups in total. The van der Waals surface area contributed by atoms with Crippen molar-refractivity contribution < 1.29 is 9.13 Å². The van der Waals surface area contributed by atoms with Gasteiger partial charge in [-0.15, -0.1) is 0 Å². The number of fused-ring (bicyclic) bond motifs is 1. The lowest BCUT2D eigenvalue weighted by Gasteiger charge is -2.03. The van der Waals surface area contributed by atoms with Gasteiger partial charge in [0.1, 0.15) is 24.0 Å². The first kappa shape index (κ1) is 10.8. The molecule has 90 valence electrons. The van der Waals surface area contributed by atoms with Crippen LogP contribution in [0.5, 0.6) is 5.75 Å². The summed E-state index contributed by atoms with van der Waals surface area (Å²) in [4.78, 5) is 7.56. The minimum Gasteiger partial charge on any atom is -0.486 e. The average Bonchev–Trinajstić information content (AvgIpc) is 2.81. The Kier molecular flexibility index (Phi) is 2.68. The summed E-state index contributed by atoms with van der Waals surface area (Å²) in [6, 6.07) is 13.7. The molecule has 2 aromatic carbocycles. The largest absolute Gasteiger partial charge is 0.486 e. The Labute approximate surface area is 103 Å². The number of H-pyrrole nitrogens is 1. The Morgan fingerprint density at radius 3 is 2.61 bits per heavy atom. The number of hydrogen-bond acceptors (Lipinski definition) is 2. The lowest BCUT2D eigenvalue weighted by atomic mass is 10.3. The second-order valence-corrected chi connectivity index (χ2v) is 3.94. The lowest BCUT2D eigenvalue weighted by molar-refractivity contribution is 0.297. The number of aromatic nitrogens is 2. The first-order chi connectivity index (χ1) is 8.81. The molecule has 0 aliphatic heterocycles. The van der Waals surface area contributed by atoms with E-state index in [1.54, 1.807) is 12.1 Å². The van der Waals surface area contributed by atoms with Gasteiger partial charge >= 0.3 is 0 Å². The zero-order valence-corrected chi connectivity index (χ0v) is 9.56. The topological polar surface area (TPSA) is 37.9 Å². The minimum atomic E-state index is -0.272. The van der Waals surface area contributed by atoms with Crippen LogP contribution in [0.4, 0.5) is 4.39 Å². The highest BCUT2D eigenvalue weighted by Gasteiger charge is 2.02. The molecule has 3 aromatic rings. The van der Waals surface area contributed by atoms with Crippen molar-refractivity contribution in [1.82, 2.24) is 9.97 Å². The van der Waals surface area contributed by atoms with E-state index in [2.05, 4.69) is 9.97 Å². The summed E-state index contributed by atoms with van der Waals surface area (Å²) in [5, 5.41) is 0. The number of halogens is 1. The summed E-state index contributed by atoms with van der Waals surface area (Å²) in [6.07, 6.45) is 0. The van der Waals surface area contributed by atoms with Crippen molar-refractivity contribution in [2.24, 2.45) is 0 Å². The maximum Gasteiger partial charge on any atom is 0.146 e. The summed E-state index contributed by atoms with van der Waals surface area (Å²) in [7, 11) is 0. The highest BCUT2D eigenvalue weighted by molar-refractivity contribution is 5.74. The van der Waals surface area contributed by atoms with E-state index in [-0.39, 0.29) is 5.82 Å². The molecule has 0 radical (unpaired) electrons. The second kappa shape index (κ2) is 4.49. The average molecular weight is 242 g/mol. The van der Waals surface area contributed by atoms with Gasteiger partial charge in [0, 0.05) is 0 Å². The van der Waals surface area contributed by atoms with E-state index in [0.29, 0.717) is 12.4 Å². The molecule has 0 atom stereocenters. The van der Waals surface area contributed by atoms with Crippen LogP contribution >= 0.6 is 0 Å². The van der Waals surface area contributed by atoms with E-state index in [1.165, 1.54) is 12.1 Å². The molecule has 1 aromatic heterocycles. The molecule has 1 heterocycles. The predicted octanol–water partition coefficient (Wildman–Crippen LogP) is 3.28. The van der Waals surface area contributed by atoms with E-state index < -0.39 is 0 Å². The molecular formula is C14H11FN2O. The highest BCUT2D eigenvalue weighted by atomic mass is 19.1. The van der Waals surface area contributed by atoms with E-state index in [4.69, 9.17) is 4.74 Å². The van der Waals surface area contributed by atoms with Crippen molar-refractivity contribution in [3.05, 3.63) is 60.2 Å². The van der Waals surface area contributed by atoms with Gasteiger partial charge in [0.25, 0.3) is 0 Å². The van der Waals surface area contributed by atoms with Gasteiger partial charge in [-0.2, -0.15) is 0 Å². The van der Waals surface area contributed by atoms with Gasteiger partial charge in [0.05, 0.1) is 11.0 Å². The summed E-state index contributed by atoms with van der Waals surface area (Å²) in [6.45, 7) is 0.334. The van der Waals surface area contributed by atoms with Gasteiger partial charge in [0.2, 0.25) is 0 Å². The first-order valence-electron chi connectivity index (χ1n) is 5.63. The van der Waals surface area contributed by atoms with Crippen LogP contribution in [0.3, 0.4) is 0 Å². The minimum absolute atomic E-state index is 0.272. The van der Waals surface area contributed by atoms with E-state index in [9.17, 15) is 4.39 Å². The molecule has 0 aliphatic carbocycles. The number of rotatable bonds is 3. The molecule has 0 unspecified atom stereocenters. The Bertz CT molecular complexity index is 628. The molecule has 3 nitrogen and oxygen atoms in total. The molecular weight excluding hydrogens is 231 g/mol. The molecule has 0 aliphatic rings. The molecule has 0 bridgehead atoms. The van der Waals surface area contributed by atoms with E-state index in [0.717, 1.165) is 16.9 Å². The van der Waals surface area contributed by atoms with Crippen LogP contribution in [0.15, 0.2) is 48.5 Å². The Morgan fingerprint density at radius 1 is 1.06 bits per heavy atom. The summed E-state index contributed by atoms with van der Waals surface area (Å²) in [5.41, 5.74) is 1.89. The van der Waals surface area contributed by atoms with Gasteiger partial charge in [-0.1, -0.05) is 12.1 Å². The van der Waals surface area contributed by atoms with Gasteiger partial charge in [-0.05, 0) is 36.4 Å². The molecule has 0 spiro atoms. The van der Waals surface area contributed by atoms with E-state index >= 15 is 0 Å². The summed E-state index contributed by atoms with van der Waals surface area (Å²) < 4.78 is 18.2. The van der Waals surface area contributed by atoms with Crippen molar-refractivity contribution in [1.29, 1.82) is 0 Å². The maximum absolute atomic E-state index is 12.7. The third kappa shape index (κ3) is 2.18. The third-order valence-corrected chi connectivity index (χ3v) is 2.63. The zero-order valence-electron chi connectivity index (χ0n) is 9.56. The SMILES string of the molecule is Fc1ccc(OCc2nc3ccccc3[nH]2)cc1. The number of ether oxygens (including phenoxy) is 1. The molecule has 0 saturated heterocycles. The maximum atomic E-state index is 12.7. The van der Waals surface area contributed by atoms with Crippen LogP contribution in [0.2, 0.25) is 0 Å². The predicted molar refractivity (Wildman–Crippen MR) is 66.8 cm³/mol. The molecule has 3 rings (SSSR count). The van der Waals surface area contributed by atoms with Crippen molar-refractivity contribution in [2.45, 2.75) is 6.61 Å². The van der Waals surface area contributed by atoms with Crippen LogP contribution in [-0.4, -0.2) is 9.97 Å². The fraction of sp³-hybridized carbons (Fsp3) is 0.0714. The highest BCUT2D eigenvalue weighted by Crippen LogP contribution is 2.14. The van der Waals surface area contributed by atoms with Gasteiger partial charge < -0.3 is 9.72 Å². The lowest BCUT2D eigenvalue weighted by Crippen LogP contribution is -1.97. The fourth-order valence-corrected chi connectivity index (χ4v) is 1.76. The number of imidazole rings is 1. The standard InChI is InChI=1S/C14H11FN2O/c15-10-5-7-11(8-6-10)18-9-14-16-12-3-1-2-4-13(12)17-14/h1-8H,9H2,(H,16,17). The van der Waals surface area contributed by atoms with Crippen LogP contribution in [-0.2, 0) is 6.61 Å². The third-order valence-electron chi connectivity index (χ3n) is 2.63. The quantitative estimate of drug-likeness (QED) is 0.765. The fourth-order valence-electron chi connectivity index (χ4n) is 1.76. The molecule has 4 heteroatoms. The number of para-hydroxylation sites is 2. The van der Waals surface area contributed by atoms with Crippen molar-refractivity contribution in [2.75, 3.05) is 0 Å². The smallest absolute Gasteiger partial charge is 0.146 e. The van der Waals surface area contributed by atoms with Crippen molar-refractivity contribution >= 4 is 11.0 Å². The Balaban J connectivity index is 1.74. The molecule has 0 saturated carbocycles. The number of aromatic amines is 1. The monoisotopic (exact) mass is 242 g/mol. The van der Waals surface area contributed by atoms with Gasteiger partial charge in [0.15, 0.2) is 0 Å². The molecule has 18 heavy (non-hydrogen) atoms. The number of benzene rings is 2. The number of nitrogens with zero attached hydrogens (tertiary/aromatic N) is 1.